The molecule has 1 aliphatic rings. The van der Waals surface area contributed by atoms with Gasteiger partial charge in [0.05, 0.1) is 4.90 Å². The number of carbonyl (C=O) groups is 1. The zero-order valence-corrected chi connectivity index (χ0v) is 17.8. The van der Waals surface area contributed by atoms with Crippen molar-refractivity contribution in [2.24, 2.45) is 0 Å². The molecular formula is C17H26BrN3O4S. The molecule has 146 valence electrons. The van der Waals surface area contributed by atoms with Gasteiger partial charge in [-0.05, 0) is 39.0 Å². The van der Waals surface area contributed by atoms with Crippen molar-refractivity contribution >= 4 is 32.0 Å². The first-order valence-electron chi connectivity index (χ1n) is 8.52. The van der Waals surface area contributed by atoms with Gasteiger partial charge in [-0.1, -0.05) is 22.0 Å². The Morgan fingerprint density at radius 1 is 1.23 bits per heavy atom. The van der Waals surface area contributed by atoms with E-state index in [4.69, 9.17) is 4.74 Å². The number of hydrogen-bond acceptors (Lipinski definition) is 5. The molecule has 0 unspecified atom stereocenters. The van der Waals surface area contributed by atoms with Crippen LogP contribution >= 0.6 is 15.9 Å². The largest absolute Gasteiger partial charge is 0.444 e. The van der Waals surface area contributed by atoms with Crippen LogP contribution in [0.2, 0.25) is 0 Å². The number of piperazine rings is 1. The maximum absolute atomic E-state index is 12.3. The minimum atomic E-state index is -3.52. The zero-order valence-electron chi connectivity index (χ0n) is 15.4. The highest BCUT2D eigenvalue weighted by Crippen LogP contribution is 2.16. The summed E-state index contributed by atoms with van der Waals surface area (Å²) in [7, 11) is -3.52. The van der Waals surface area contributed by atoms with E-state index in [-0.39, 0.29) is 11.0 Å². The van der Waals surface area contributed by atoms with Gasteiger partial charge in [-0.15, -0.1) is 0 Å². The molecule has 1 aliphatic heterocycles. The first-order chi connectivity index (χ1) is 12.1. The summed E-state index contributed by atoms with van der Waals surface area (Å²) in [6, 6.07) is 6.60. The molecule has 1 aromatic carbocycles. The van der Waals surface area contributed by atoms with E-state index in [0.717, 1.165) is 4.47 Å². The van der Waals surface area contributed by atoms with Gasteiger partial charge in [-0.25, -0.2) is 17.9 Å². The van der Waals surface area contributed by atoms with Gasteiger partial charge in [0.15, 0.2) is 0 Å². The second-order valence-electron chi connectivity index (χ2n) is 7.16. The fourth-order valence-electron chi connectivity index (χ4n) is 2.54. The number of halogens is 1. The smallest absolute Gasteiger partial charge is 0.410 e. The molecule has 0 bridgehead atoms. The fraction of sp³-hybridized carbons (Fsp3) is 0.588. The summed E-state index contributed by atoms with van der Waals surface area (Å²) in [5, 5.41) is 0. The van der Waals surface area contributed by atoms with Crippen molar-refractivity contribution < 1.29 is 17.9 Å². The molecule has 1 fully saturated rings. The fourth-order valence-corrected chi connectivity index (χ4v) is 4.15. The summed E-state index contributed by atoms with van der Waals surface area (Å²) in [6.45, 7) is 8.99. The van der Waals surface area contributed by atoms with E-state index in [2.05, 4.69) is 25.6 Å². The average Bonchev–Trinajstić information content (AvgIpc) is 2.54. The second-order valence-corrected chi connectivity index (χ2v) is 9.85. The van der Waals surface area contributed by atoms with Gasteiger partial charge >= 0.3 is 6.09 Å². The van der Waals surface area contributed by atoms with Crippen LogP contribution in [0.25, 0.3) is 0 Å². The molecular weight excluding hydrogens is 422 g/mol. The van der Waals surface area contributed by atoms with Crippen molar-refractivity contribution in [2.45, 2.75) is 31.3 Å². The number of nitrogens with zero attached hydrogens (tertiary/aromatic N) is 2. The highest BCUT2D eigenvalue weighted by molar-refractivity contribution is 9.10. The van der Waals surface area contributed by atoms with E-state index < -0.39 is 15.6 Å². The van der Waals surface area contributed by atoms with Crippen LogP contribution in [0.4, 0.5) is 4.79 Å². The van der Waals surface area contributed by atoms with Crippen LogP contribution in [0, 0.1) is 0 Å². The molecule has 9 heteroatoms. The van der Waals surface area contributed by atoms with Gasteiger partial charge in [0.2, 0.25) is 10.0 Å². The predicted molar refractivity (Wildman–Crippen MR) is 104 cm³/mol. The van der Waals surface area contributed by atoms with Crippen LogP contribution < -0.4 is 4.72 Å². The van der Waals surface area contributed by atoms with Gasteiger partial charge in [0, 0.05) is 43.7 Å². The molecule has 7 nitrogen and oxygen atoms in total. The molecule has 0 aliphatic carbocycles. The topological polar surface area (TPSA) is 79.0 Å². The minimum Gasteiger partial charge on any atom is -0.444 e. The average molecular weight is 448 g/mol. The Kier molecular flexibility index (Phi) is 7.06. The van der Waals surface area contributed by atoms with Gasteiger partial charge in [0.1, 0.15) is 5.60 Å². The molecule has 0 radical (unpaired) electrons. The number of amides is 1. The third-order valence-corrected chi connectivity index (χ3v) is 5.80. The highest BCUT2D eigenvalue weighted by atomic mass is 79.9. The quantitative estimate of drug-likeness (QED) is 0.748. The SMILES string of the molecule is CC(C)(C)OC(=O)N1CCN(CCNS(=O)(=O)c2cccc(Br)c2)CC1. The Morgan fingerprint density at radius 3 is 2.46 bits per heavy atom. The van der Waals surface area contributed by atoms with Crippen molar-refractivity contribution in [3.63, 3.8) is 0 Å². The normalized spacial score (nSPS) is 16.5. The lowest BCUT2D eigenvalue weighted by Crippen LogP contribution is -2.51. The van der Waals surface area contributed by atoms with Gasteiger partial charge in [-0.2, -0.15) is 0 Å². The summed E-state index contributed by atoms with van der Waals surface area (Å²) in [4.78, 5) is 16.1. The second kappa shape index (κ2) is 8.69. The lowest BCUT2D eigenvalue weighted by molar-refractivity contribution is 0.0147. The maximum atomic E-state index is 12.3. The molecule has 0 spiro atoms. The van der Waals surface area contributed by atoms with E-state index in [1.165, 1.54) is 0 Å². The molecule has 0 atom stereocenters. The van der Waals surface area contributed by atoms with Crippen LogP contribution in [0.1, 0.15) is 20.8 Å². The standard InChI is InChI=1S/C17H26BrN3O4S/c1-17(2,3)25-16(22)21-11-9-20(10-12-21)8-7-19-26(23,24)15-6-4-5-14(18)13-15/h4-6,13,19H,7-12H2,1-3H3. The molecule has 26 heavy (non-hydrogen) atoms. The van der Waals surface area contributed by atoms with E-state index in [1.807, 2.05) is 20.8 Å². The number of nitrogens with one attached hydrogen (secondary N) is 1. The third kappa shape index (κ3) is 6.53. The monoisotopic (exact) mass is 447 g/mol. The summed E-state index contributed by atoms with van der Waals surface area (Å²) in [5.74, 6) is 0. The Labute approximate surface area is 163 Å². The van der Waals surface area contributed by atoms with E-state index in [1.54, 1.807) is 29.2 Å². The Morgan fingerprint density at radius 2 is 1.88 bits per heavy atom. The lowest BCUT2D eigenvalue weighted by atomic mass is 10.2. The number of sulfonamides is 1. The van der Waals surface area contributed by atoms with Crippen LogP contribution in [0.15, 0.2) is 33.6 Å². The molecule has 1 N–H and O–H groups in total. The van der Waals surface area contributed by atoms with Gasteiger partial charge in [0.25, 0.3) is 0 Å². The molecule has 1 heterocycles. The molecule has 0 saturated carbocycles. The molecule has 1 aromatic rings. The Bertz CT molecular complexity index is 726. The number of benzene rings is 1. The first kappa shape index (κ1) is 21.1. The maximum Gasteiger partial charge on any atom is 0.410 e. The third-order valence-electron chi connectivity index (χ3n) is 3.85. The summed E-state index contributed by atoms with van der Waals surface area (Å²) in [6.07, 6.45) is -0.299. The number of hydrogen-bond donors (Lipinski definition) is 1. The van der Waals surface area contributed by atoms with Crippen molar-refractivity contribution in [2.75, 3.05) is 39.3 Å². The number of carbonyl (C=O) groups excluding carboxylic acids is 1. The highest BCUT2D eigenvalue weighted by Gasteiger charge is 2.25. The van der Waals surface area contributed by atoms with E-state index in [9.17, 15) is 13.2 Å². The summed E-state index contributed by atoms with van der Waals surface area (Å²) in [5.41, 5.74) is -0.501. The van der Waals surface area contributed by atoms with Gasteiger partial charge < -0.3 is 9.64 Å². The van der Waals surface area contributed by atoms with E-state index in [0.29, 0.717) is 39.3 Å². The van der Waals surface area contributed by atoms with Crippen LogP contribution in [0.3, 0.4) is 0 Å². The van der Waals surface area contributed by atoms with Crippen LogP contribution in [0.5, 0.6) is 0 Å². The van der Waals surface area contributed by atoms with E-state index >= 15 is 0 Å². The summed E-state index contributed by atoms with van der Waals surface area (Å²) < 4.78 is 33.3. The number of rotatable bonds is 5. The molecule has 1 amide bonds. The molecule has 0 aromatic heterocycles. The van der Waals surface area contributed by atoms with Crippen molar-refractivity contribution in [1.82, 2.24) is 14.5 Å². The predicted octanol–water partition coefficient (Wildman–Crippen LogP) is 2.28. The van der Waals surface area contributed by atoms with Crippen molar-refractivity contribution in [3.05, 3.63) is 28.7 Å². The number of ether oxygens (including phenoxy) is 1. The minimum absolute atomic E-state index is 0.238. The van der Waals surface area contributed by atoms with Crippen LogP contribution in [-0.2, 0) is 14.8 Å². The molecule has 1 saturated heterocycles. The molecule has 2 rings (SSSR count). The van der Waals surface area contributed by atoms with Gasteiger partial charge in [-0.3, -0.25) is 4.90 Å². The Balaban J connectivity index is 1.76. The van der Waals surface area contributed by atoms with Crippen molar-refractivity contribution in [3.8, 4) is 0 Å². The Hall–Kier alpha value is -1.16. The zero-order chi connectivity index (χ0) is 19.4. The summed E-state index contributed by atoms with van der Waals surface area (Å²) >= 11 is 3.28. The van der Waals surface area contributed by atoms with Crippen LogP contribution in [-0.4, -0.2) is 69.2 Å². The lowest BCUT2D eigenvalue weighted by Gasteiger charge is -2.35. The van der Waals surface area contributed by atoms with Crippen molar-refractivity contribution in [1.29, 1.82) is 0 Å². The first-order valence-corrected chi connectivity index (χ1v) is 10.8.